The van der Waals surface area contributed by atoms with E-state index in [1.54, 1.807) is 29.1 Å². The Labute approximate surface area is 237 Å². The SMILES string of the molecule is NC(=O)c1ccc[n+](C2CN[C@H](COP(=O)([O-])OP(=O)(O)OC[C@H]3O[C@@H](n4cnc5c(N)ncnc54)[C@H](O)[C@@H]3O)C2)c1. The first kappa shape index (κ1) is 30.5. The molecule has 0 bridgehead atoms. The van der Waals surface area contributed by atoms with Crippen LogP contribution in [0.3, 0.4) is 0 Å². The summed E-state index contributed by atoms with van der Waals surface area (Å²) < 4.78 is 47.1. The highest BCUT2D eigenvalue weighted by molar-refractivity contribution is 7.60. The number of phosphoric ester groups is 2. The fraction of sp³-hybridized carbons (Fsp3) is 0.476. The number of rotatable bonds is 11. The molecular formula is C21H28N8O11P2. The zero-order valence-corrected chi connectivity index (χ0v) is 23.4. The van der Waals surface area contributed by atoms with Crippen LogP contribution in [0.1, 0.15) is 29.0 Å². The van der Waals surface area contributed by atoms with Crippen molar-refractivity contribution in [3.63, 3.8) is 0 Å². The van der Waals surface area contributed by atoms with Gasteiger partial charge in [0, 0.05) is 18.5 Å². The molecule has 3 unspecified atom stereocenters. The van der Waals surface area contributed by atoms with Crippen molar-refractivity contribution in [1.29, 1.82) is 0 Å². The summed E-state index contributed by atoms with van der Waals surface area (Å²) in [6, 6.07) is 2.61. The Morgan fingerprint density at radius 3 is 2.79 bits per heavy atom. The van der Waals surface area contributed by atoms with Gasteiger partial charge in [-0.1, -0.05) is 0 Å². The Balaban J connectivity index is 1.12. The zero-order valence-electron chi connectivity index (χ0n) is 21.6. The number of ether oxygens (including phenoxy) is 1. The van der Waals surface area contributed by atoms with Crippen LogP contribution in [-0.4, -0.2) is 84.6 Å². The molecule has 8 N–H and O–H groups in total. The predicted octanol–water partition coefficient (Wildman–Crippen LogP) is -2.36. The average molecular weight is 630 g/mol. The number of carbonyl (C=O) groups excluding carboxylic acids is 1. The summed E-state index contributed by atoms with van der Waals surface area (Å²) in [6.07, 6.45) is 0.381. The van der Waals surface area contributed by atoms with Crippen molar-refractivity contribution >= 4 is 38.5 Å². The van der Waals surface area contributed by atoms with Gasteiger partial charge in [-0.3, -0.25) is 18.5 Å². The number of nitrogens with two attached hydrogens (primary N) is 2. The maximum Gasteiger partial charge on any atom is 0.478 e. The third-order valence-electron chi connectivity index (χ3n) is 6.76. The minimum Gasteiger partial charge on any atom is -0.756 e. The summed E-state index contributed by atoms with van der Waals surface area (Å²) in [7, 11) is -10.6. The standard InChI is InChI=1S/C21H28N8O11P2/c22-18-15-20(26-9-25-18)29(10-27-15)21-17(31)16(30)14(39-21)8-38-42(35,36)40-41(33,34)37-7-12-4-13(5-24-12)28-3-1-2-11(6-28)19(23)32/h1-3,6,9-10,12-14,16-17,21,24,30-31H,4-5,7-8H2,(H5-,22,23,25,26,32,33,34,35,36)/t12-,13?,14+,16+,17+,21+/m0/s1. The van der Waals surface area contributed by atoms with E-state index < -0.39 is 65.3 Å². The van der Waals surface area contributed by atoms with Crippen molar-refractivity contribution < 1.29 is 56.6 Å². The number of phosphoric acid groups is 2. The second-order valence-electron chi connectivity index (χ2n) is 9.62. The molecule has 8 atom stereocenters. The zero-order chi connectivity index (χ0) is 30.2. The molecule has 5 rings (SSSR count). The molecule has 3 aromatic heterocycles. The van der Waals surface area contributed by atoms with E-state index in [0.717, 1.165) is 0 Å². The van der Waals surface area contributed by atoms with Gasteiger partial charge >= 0.3 is 7.82 Å². The number of primary amides is 1. The highest BCUT2D eigenvalue weighted by atomic mass is 31.3. The van der Waals surface area contributed by atoms with Gasteiger partial charge in [-0.05, 0) is 6.07 Å². The molecule has 0 aliphatic carbocycles. The molecule has 0 aromatic carbocycles. The first-order valence-electron chi connectivity index (χ1n) is 12.5. The van der Waals surface area contributed by atoms with Gasteiger partial charge in [-0.2, -0.15) is 0 Å². The van der Waals surface area contributed by atoms with Gasteiger partial charge in [0.05, 0.1) is 26.1 Å². The molecule has 2 aliphatic rings. The van der Waals surface area contributed by atoms with Crippen molar-refractivity contribution in [2.75, 3.05) is 25.5 Å². The largest absolute Gasteiger partial charge is 0.756 e. The molecule has 2 aliphatic heterocycles. The van der Waals surface area contributed by atoms with Crippen LogP contribution in [0, 0.1) is 0 Å². The van der Waals surface area contributed by atoms with Gasteiger partial charge in [-0.15, -0.1) is 0 Å². The number of nitrogens with zero attached hydrogens (tertiary/aromatic N) is 5. The number of anilines is 1. The molecule has 2 saturated heterocycles. The number of hydrogen-bond acceptors (Lipinski definition) is 15. The maximum atomic E-state index is 12.4. The van der Waals surface area contributed by atoms with Gasteiger partial charge in [0.1, 0.15) is 35.7 Å². The normalized spacial score (nSPS) is 29.0. The quantitative estimate of drug-likeness (QED) is 0.0954. The minimum atomic E-state index is -5.34. The van der Waals surface area contributed by atoms with Crippen LogP contribution in [0.5, 0.6) is 0 Å². The lowest BCUT2D eigenvalue weighted by molar-refractivity contribution is -0.719. The van der Waals surface area contributed by atoms with Crippen molar-refractivity contribution in [1.82, 2.24) is 24.8 Å². The molecule has 2 fully saturated rings. The molecular weight excluding hydrogens is 602 g/mol. The monoisotopic (exact) mass is 630 g/mol. The molecule has 0 saturated carbocycles. The molecule has 0 spiro atoms. The second kappa shape index (κ2) is 12.0. The predicted molar refractivity (Wildman–Crippen MR) is 137 cm³/mol. The maximum absolute atomic E-state index is 12.4. The number of carbonyl (C=O) groups is 1. The average Bonchev–Trinajstić information content (AvgIpc) is 3.65. The number of nitrogens with one attached hydrogen (secondary N) is 1. The van der Waals surface area contributed by atoms with E-state index in [1.807, 2.05) is 0 Å². The van der Waals surface area contributed by atoms with Crippen LogP contribution in [0.15, 0.2) is 37.2 Å². The van der Waals surface area contributed by atoms with Gasteiger partial charge in [0.15, 0.2) is 36.1 Å². The van der Waals surface area contributed by atoms with E-state index in [4.69, 9.17) is 25.3 Å². The van der Waals surface area contributed by atoms with Gasteiger partial charge in [0.2, 0.25) is 0 Å². The lowest BCUT2D eigenvalue weighted by Crippen LogP contribution is -2.41. The van der Waals surface area contributed by atoms with Crippen LogP contribution in [0.4, 0.5) is 5.82 Å². The van der Waals surface area contributed by atoms with Gasteiger partial charge < -0.3 is 46.0 Å². The van der Waals surface area contributed by atoms with Crippen molar-refractivity contribution in [2.45, 2.75) is 43.0 Å². The molecule has 19 nitrogen and oxygen atoms in total. The van der Waals surface area contributed by atoms with E-state index in [9.17, 15) is 33.9 Å². The third-order valence-corrected chi connectivity index (χ3v) is 9.33. The lowest BCUT2D eigenvalue weighted by atomic mass is 10.1. The van der Waals surface area contributed by atoms with Crippen LogP contribution in [0.2, 0.25) is 0 Å². The highest BCUT2D eigenvalue weighted by Crippen LogP contribution is 2.58. The van der Waals surface area contributed by atoms with Crippen LogP contribution >= 0.6 is 15.6 Å². The molecule has 3 aromatic rings. The van der Waals surface area contributed by atoms with E-state index in [-0.39, 0.29) is 23.0 Å². The summed E-state index contributed by atoms with van der Waals surface area (Å²) in [6.45, 7) is -0.823. The van der Waals surface area contributed by atoms with Gasteiger partial charge in [0.25, 0.3) is 13.7 Å². The fourth-order valence-corrected chi connectivity index (χ4v) is 6.78. The molecule has 42 heavy (non-hydrogen) atoms. The number of amides is 1. The topological polar surface area (TPSA) is 283 Å². The lowest BCUT2D eigenvalue weighted by Gasteiger charge is -2.26. The Bertz CT molecular complexity index is 1560. The van der Waals surface area contributed by atoms with Gasteiger partial charge in [-0.25, -0.2) is 28.4 Å². The molecule has 5 heterocycles. The van der Waals surface area contributed by atoms with Crippen molar-refractivity contribution in [3.8, 4) is 0 Å². The Hall–Kier alpha value is -2.93. The molecule has 228 valence electrons. The van der Waals surface area contributed by atoms with Crippen molar-refractivity contribution in [2.24, 2.45) is 5.73 Å². The summed E-state index contributed by atoms with van der Waals surface area (Å²) in [4.78, 5) is 45.6. The first-order valence-corrected chi connectivity index (χ1v) is 15.4. The Kier molecular flexibility index (Phi) is 8.71. The number of pyridine rings is 1. The summed E-state index contributed by atoms with van der Waals surface area (Å²) in [5.41, 5.74) is 11.8. The Morgan fingerprint density at radius 1 is 1.24 bits per heavy atom. The number of aliphatic hydroxyl groups excluding tert-OH is 2. The van der Waals surface area contributed by atoms with Crippen LogP contribution in [0.25, 0.3) is 11.2 Å². The molecule has 1 amide bonds. The number of aliphatic hydroxyl groups is 2. The number of hydrogen-bond donors (Lipinski definition) is 6. The number of fused-ring (bicyclic) bond motifs is 1. The Morgan fingerprint density at radius 2 is 2.02 bits per heavy atom. The van der Waals surface area contributed by atoms with E-state index in [2.05, 4.69) is 24.6 Å². The van der Waals surface area contributed by atoms with Crippen LogP contribution in [-0.2, 0) is 27.2 Å². The van der Waals surface area contributed by atoms with E-state index in [0.29, 0.717) is 18.5 Å². The first-order chi connectivity index (χ1) is 19.8. The second-order valence-corrected chi connectivity index (χ2v) is 12.6. The van der Waals surface area contributed by atoms with Crippen LogP contribution < -0.4 is 26.2 Å². The molecule has 21 heteroatoms. The number of nitrogen functional groups attached to an aromatic ring is 1. The number of imidazole rings is 1. The van der Waals surface area contributed by atoms with E-state index in [1.165, 1.54) is 17.2 Å². The minimum absolute atomic E-state index is 0.0757. The summed E-state index contributed by atoms with van der Waals surface area (Å²) in [5.74, 6) is -0.514. The van der Waals surface area contributed by atoms with Crippen molar-refractivity contribution in [3.05, 3.63) is 42.7 Å². The fourth-order valence-electron chi connectivity index (χ4n) is 4.69. The number of aromatic nitrogens is 5. The molecule has 0 radical (unpaired) electrons. The van der Waals surface area contributed by atoms with E-state index >= 15 is 0 Å². The third kappa shape index (κ3) is 6.66. The highest BCUT2D eigenvalue weighted by Gasteiger charge is 2.46. The smallest absolute Gasteiger partial charge is 0.478 e. The summed E-state index contributed by atoms with van der Waals surface area (Å²) in [5, 5.41) is 24.0. The summed E-state index contributed by atoms with van der Waals surface area (Å²) >= 11 is 0.